The number of amides is 1. The third-order valence-electron chi connectivity index (χ3n) is 6.92. The fourth-order valence-electron chi connectivity index (χ4n) is 4.93. The molecule has 0 saturated heterocycles. The molecule has 1 aromatic heterocycles. The van der Waals surface area contributed by atoms with E-state index in [2.05, 4.69) is 28.9 Å². The average molecular weight is 558 g/mol. The molecule has 0 aliphatic rings. The monoisotopic (exact) mass is 557 g/mol. The maximum atomic E-state index is 13.9. The molecule has 1 N–H and O–H groups in total. The number of hydrogen-bond acceptors (Lipinski definition) is 5. The Bertz CT molecular complexity index is 1810. The van der Waals surface area contributed by atoms with Crippen LogP contribution in [0, 0.1) is 6.92 Å². The van der Waals surface area contributed by atoms with Gasteiger partial charge in [-0.1, -0.05) is 35.9 Å². The lowest BCUT2D eigenvalue weighted by molar-refractivity contribution is -0.114. The lowest BCUT2D eigenvalue weighted by atomic mass is 10.1. The number of rotatable bonds is 9. The van der Waals surface area contributed by atoms with E-state index in [1.807, 2.05) is 49.4 Å². The zero-order valence-corrected chi connectivity index (χ0v) is 23.7. The van der Waals surface area contributed by atoms with Gasteiger partial charge in [0.25, 0.3) is 10.0 Å². The number of methoxy groups -OCH3 is 2. The Labute approximate surface area is 233 Å². The molecule has 0 unspecified atom stereocenters. The first kappa shape index (κ1) is 27.1. The summed E-state index contributed by atoms with van der Waals surface area (Å²) in [6.07, 6.45) is 0. The number of hydrogen-bond donors (Lipinski definition) is 1. The number of anilines is 2. The van der Waals surface area contributed by atoms with E-state index in [0.29, 0.717) is 17.1 Å². The molecule has 5 aromatic rings. The first-order valence-corrected chi connectivity index (χ1v) is 14.3. The van der Waals surface area contributed by atoms with Crippen molar-refractivity contribution in [1.82, 2.24) is 4.57 Å². The molecule has 0 atom stereocenters. The van der Waals surface area contributed by atoms with Crippen molar-refractivity contribution >= 4 is 49.1 Å². The molecule has 4 aromatic carbocycles. The van der Waals surface area contributed by atoms with Crippen molar-refractivity contribution in [1.29, 1.82) is 0 Å². The maximum Gasteiger partial charge on any atom is 0.264 e. The highest BCUT2D eigenvalue weighted by Crippen LogP contribution is 2.33. The molecule has 5 rings (SSSR count). The first-order valence-electron chi connectivity index (χ1n) is 12.9. The number of carbonyl (C=O) groups excluding carboxylic acids is 1. The lowest BCUT2D eigenvalue weighted by Crippen LogP contribution is -2.38. The van der Waals surface area contributed by atoms with Crippen molar-refractivity contribution in [3.63, 3.8) is 0 Å². The van der Waals surface area contributed by atoms with Crippen LogP contribution in [-0.4, -0.2) is 39.7 Å². The number of carbonyl (C=O) groups is 1. The number of nitrogens with one attached hydrogen (secondary N) is 1. The van der Waals surface area contributed by atoms with E-state index in [4.69, 9.17) is 9.47 Å². The van der Waals surface area contributed by atoms with Crippen LogP contribution in [0.2, 0.25) is 0 Å². The molecule has 1 amide bonds. The molecule has 0 aliphatic carbocycles. The highest BCUT2D eigenvalue weighted by Gasteiger charge is 2.28. The molecule has 0 spiro atoms. The Morgan fingerprint density at radius 2 is 1.55 bits per heavy atom. The number of nitrogens with zero attached hydrogens (tertiary/aromatic N) is 2. The molecular weight excluding hydrogens is 526 g/mol. The summed E-state index contributed by atoms with van der Waals surface area (Å²) in [5.74, 6) is 0.209. The van der Waals surface area contributed by atoms with E-state index in [-0.39, 0.29) is 10.6 Å². The first-order chi connectivity index (χ1) is 19.3. The van der Waals surface area contributed by atoms with Crippen LogP contribution in [0.3, 0.4) is 0 Å². The molecule has 9 heteroatoms. The van der Waals surface area contributed by atoms with E-state index >= 15 is 0 Å². The second-order valence-electron chi connectivity index (χ2n) is 9.41. The normalized spacial score (nSPS) is 11.5. The fourth-order valence-corrected chi connectivity index (χ4v) is 6.37. The van der Waals surface area contributed by atoms with Crippen LogP contribution in [-0.2, 0) is 21.4 Å². The molecule has 0 saturated carbocycles. The van der Waals surface area contributed by atoms with Crippen LogP contribution in [0.4, 0.5) is 11.4 Å². The van der Waals surface area contributed by atoms with Crippen molar-refractivity contribution in [2.24, 2.45) is 0 Å². The third kappa shape index (κ3) is 4.96. The minimum Gasteiger partial charge on any atom is -0.493 e. The highest BCUT2D eigenvalue weighted by atomic mass is 32.2. The van der Waals surface area contributed by atoms with E-state index in [1.54, 1.807) is 12.1 Å². The van der Waals surface area contributed by atoms with Crippen LogP contribution in [0.5, 0.6) is 11.5 Å². The summed E-state index contributed by atoms with van der Waals surface area (Å²) >= 11 is 0. The SMILES string of the molecule is CCn1c2ccccc2c2cc(NC(=O)CN(c3ccc(C)cc3)S(=O)(=O)c3ccc(OC)c(OC)c3)ccc21. The molecule has 0 fully saturated rings. The van der Waals surface area contributed by atoms with Gasteiger partial charge in [-0.25, -0.2) is 8.42 Å². The Kier molecular flexibility index (Phi) is 7.40. The summed E-state index contributed by atoms with van der Waals surface area (Å²) < 4.78 is 41.7. The summed E-state index contributed by atoms with van der Waals surface area (Å²) in [4.78, 5) is 13.3. The van der Waals surface area contributed by atoms with Crippen molar-refractivity contribution in [2.75, 3.05) is 30.4 Å². The quantitative estimate of drug-likeness (QED) is 0.241. The van der Waals surface area contributed by atoms with Crippen LogP contribution in [0.1, 0.15) is 12.5 Å². The number of fused-ring (bicyclic) bond motifs is 3. The van der Waals surface area contributed by atoms with Gasteiger partial charge in [-0.2, -0.15) is 0 Å². The van der Waals surface area contributed by atoms with E-state index in [9.17, 15) is 13.2 Å². The second kappa shape index (κ2) is 10.9. The van der Waals surface area contributed by atoms with Gasteiger partial charge < -0.3 is 19.4 Å². The Hall–Kier alpha value is -4.50. The van der Waals surface area contributed by atoms with Crippen molar-refractivity contribution < 1.29 is 22.7 Å². The summed E-state index contributed by atoms with van der Waals surface area (Å²) in [7, 11) is -1.22. The summed E-state index contributed by atoms with van der Waals surface area (Å²) in [6.45, 7) is 4.40. The molecule has 206 valence electrons. The summed E-state index contributed by atoms with van der Waals surface area (Å²) in [6, 6.07) is 25.2. The van der Waals surface area contributed by atoms with Crippen LogP contribution in [0.25, 0.3) is 21.8 Å². The largest absolute Gasteiger partial charge is 0.493 e. The Morgan fingerprint density at radius 1 is 0.850 bits per heavy atom. The average Bonchev–Trinajstić information content (AvgIpc) is 3.29. The van der Waals surface area contributed by atoms with Gasteiger partial charge in [0.2, 0.25) is 5.91 Å². The van der Waals surface area contributed by atoms with Gasteiger partial charge in [-0.05, 0) is 62.4 Å². The second-order valence-corrected chi connectivity index (χ2v) is 11.3. The minimum atomic E-state index is -4.14. The molecular formula is C31H31N3O5S. The molecule has 1 heterocycles. The highest BCUT2D eigenvalue weighted by molar-refractivity contribution is 7.92. The van der Waals surface area contributed by atoms with Crippen LogP contribution in [0.15, 0.2) is 89.8 Å². The number of sulfonamides is 1. The third-order valence-corrected chi connectivity index (χ3v) is 8.69. The molecule has 0 radical (unpaired) electrons. The number of para-hydroxylation sites is 1. The van der Waals surface area contributed by atoms with E-state index < -0.39 is 22.5 Å². The van der Waals surface area contributed by atoms with Crippen LogP contribution < -0.4 is 19.1 Å². The standard InChI is InChI=1S/C31H31N3O5S/c1-5-33-27-9-7-6-8-25(27)26-18-22(12-16-28(26)33)32-31(35)20-34(23-13-10-21(2)11-14-23)40(36,37)24-15-17-29(38-3)30(19-24)39-4/h6-19H,5,20H2,1-4H3,(H,32,35). The molecule has 0 aliphatic heterocycles. The summed E-state index contributed by atoms with van der Waals surface area (Å²) in [5, 5.41) is 5.01. The zero-order chi connectivity index (χ0) is 28.4. The molecule has 0 bridgehead atoms. The van der Waals surface area contributed by atoms with Crippen molar-refractivity contribution in [3.8, 4) is 11.5 Å². The van der Waals surface area contributed by atoms with E-state index in [0.717, 1.165) is 38.2 Å². The Morgan fingerprint density at radius 3 is 2.25 bits per heavy atom. The summed E-state index contributed by atoms with van der Waals surface area (Å²) in [5.41, 5.74) is 4.12. The lowest BCUT2D eigenvalue weighted by Gasteiger charge is -2.24. The predicted octanol–water partition coefficient (Wildman–Crippen LogP) is 5.97. The van der Waals surface area contributed by atoms with Crippen molar-refractivity contribution in [3.05, 3.63) is 90.5 Å². The molecule has 40 heavy (non-hydrogen) atoms. The van der Waals surface area contributed by atoms with Gasteiger partial charge in [0.05, 0.1) is 24.8 Å². The van der Waals surface area contributed by atoms with Crippen molar-refractivity contribution in [2.45, 2.75) is 25.3 Å². The number of benzene rings is 4. The number of ether oxygens (including phenoxy) is 2. The van der Waals surface area contributed by atoms with Gasteiger partial charge in [-0.3, -0.25) is 9.10 Å². The molecule has 8 nitrogen and oxygen atoms in total. The predicted molar refractivity (Wildman–Crippen MR) is 159 cm³/mol. The van der Waals surface area contributed by atoms with E-state index in [1.165, 1.54) is 32.4 Å². The Balaban J connectivity index is 1.49. The smallest absolute Gasteiger partial charge is 0.264 e. The number of aryl methyl sites for hydroxylation is 2. The zero-order valence-electron chi connectivity index (χ0n) is 22.8. The topological polar surface area (TPSA) is 89.9 Å². The van der Waals surface area contributed by atoms with Crippen LogP contribution >= 0.6 is 0 Å². The van der Waals surface area contributed by atoms with Gasteiger partial charge in [-0.15, -0.1) is 0 Å². The number of aromatic nitrogens is 1. The maximum absolute atomic E-state index is 13.9. The minimum absolute atomic E-state index is 0.0210. The van der Waals surface area contributed by atoms with Gasteiger partial charge in [0.1, 0.15) is 6.54 Å². The van der Waals surface area contributed by atoms with Gasteiger partial charge in [0, 0.05) is 40.1 Å². The van der Waals surface area contributed by atoms with Gasteiger partial charge in [0.15, 0.2) is 11.5 Å². The fraction of sp³-hybridized carbons (Fsp3) is 0.194. The van der Waals surface area contributed by atoms with Gasteiger partial charge >= 0.3 is 0 Å².